The summed E-state index contributed by atoms with van der Waals surface area (Å²) in [7, 11) is 0. The van der Waals surface area contributed by atoms with Crippen LogP contribution in [0.15, 0.2) is 42.5 Å². The molecule has 1 aliphatic heterocycles. The third-order valence-electron chi connectivity index (χ3n) is 4.19. The maximum atomic E-state index is 12.2. The number of ether oxygens (including phenoxy) is 3. The first kappa shape index (κ1) is 19.4. The van der Waals surface area contributed by atoms with Gasteiger partial charge in [0.1, 0.15) is 13.2 Å². The number of carbonyl (C=O) groups is 3. The fourth-order valence-corrected chi connectivity index (χ4v) is 2.69. The molecule has 2 aromatic rings. The second kappa shape index (κ2) is 8.56. The number of rotatable bonds is 6. The van der Waals surface area contributed by atoms with Crippen molar-refractivity contribution in [3.05, 3.63) is 53.6 Å². The van der Waals surface area contributed by atoms with Crippen LogP contribution in [-0.2, 0) is 20.7 Å². The highest BCUT2D eigenvalue weighted by Gasteiger charge is 2.19. The molecule has 1 atom stereocenters. The lowest BCUT2D eigenvalue weighted by Gasteiger charge is -2.19. The van der Waals surface area contributed by atoms with Crippen molar-refractivity contribution < 1.29 is 28.6 Å². The Hall–Kier alpha value is -3.35. The van der Waals surface area contributed by atoms with Gasteiger partial charge in [-0.3, -0.25) is 14.4 Å². The van der Waals surface area contributed by atoms with Gasteiger partial charge in [0.05, 0.1) is 6.42 Å². The predicted octanol–water partition coefficient (Wildman–Crippen LogP) is 2.77. The molecule has 1 amide bonds. The van der Waals surface area contributed by atoms with Crippen LogP contribution in [0.3, 0.4) is 0 Å². The van der Waals surface area contributed by atoms with E-state index in [-0.39, 0.29) is 12.2 Å². The molecule has 0 spiro atoms. The molecule has 2 aromatic carbocycles. The fourth-order valence-electron chi connectivity index (χ4n) is 2.69. The largest absolute Gasteiger partial charge is 0.486 e. The summed E-state index contributed by atoms with van der Waals surface area (Å²) in [5.74, 6) is 0.208. The van der Waals surface area contributed by atoms with Gasteiger partial charge in [-0.1, -0.05) is 6.07 Å². The minimum absolute atomic E-state index is 0.0154. The van der Waals surface area contributed by atoms with E-state index in [4.69, 9.17) is 14.2 Å². The Balaban J connectivity index is 1.53. The zero-order valence-electron chi connectivity index (χ0n) is 15.7. The van der Waals surface area contributed by atoms with E-state index in [2.05, 4.69) is 5.32 Å². The molecule has 28 heavy (non-hydrogen) atoms. The summed E-state index contributed by atoms with van der Waals surface area (Å²) in [5, 5.41) is 2.65. The zero-order chi connectivity index (χ0) is 20.1. The maximum Gasteiger partial charge on any atom is 0.311 e. The van der Waals surface area contributed by atoms with Gasteiger partial charge in [-0.15, -0.1) is 0 Å². The lowest BCUT2D eigenvalue weighted by atomic mass is 10.1. The van der Waals surface area contributed by atoms with E-state index in [1.165, 1.54) is 13.8 Å². The van der Waals surface area contributed by atoms with Crippen LogP contribution in [0.2, 0.25) is 0 Å². The van der Waals surface area contributed by atoms with Gasteiger partial charge in [0, 0.05) is 11.3 Å². The van der Waals surface area contributed by atoms with E-state index in [1.807, 2.05) is 0 Å². The zero-order valence-corrected chi connectivity index (χ0v) is 15.7. The van der Waals surface area contributed by atoms with Gasteiger partial charge < -0.3 is 19.5 Å². The van der Waals surface area contributed by atoms with Crippen molar-refractivity contribution >= 4 is 23.3 Å². The van der Waals surface area contributed by atoms with Crippen molar-refractivity contribution in [2.75, 3.05) is 18.5 Å². The van der Waals surface area contributed by atoms with E-state index in [0.29, 0.717) is 41.5 Å². The van der Waals surface area contributed by atoms with Crippen LogP contribution in [0.1, 0.15) is 29.8 Å². The Bertz CT molecular complexity index is 890. The molecule has 3 rings (SSSR count). The number of esters is 1. The normalized spacial score (nSPS) is 13.4. The Labute approximate surface area is 162 Å². The molecule has 0 unspecified atom stereocenters. The Morgan fingerprint density at radius 3 is 2.39 bits per heavy atom. The van der Waals surface area contributed by atoms with Crippen LogP contribution in [-0.4, -0.2) is 37.0 Å². The van der Waals surface area contributed by atoms with Gasteiger partial charge >= 0.3 is 5.97 Å². The number of carbonyl (C=O) groups excluding carboxylic acids is 3. The maximum absolute atomic E-state index is 12.2. The quantitative estimate of drug-likeness (QED) is 0.609. The summed E-state index contributed by atoms with van der Waals surface area (Å²) >= 11 is 0. The highest BCUT2D eigenvalue weighted by Crippen LogP contribution is 2.30. The molecule has 7 nitrogen and oxygen atoms in total. The highest BCUT2D eigenvalue weighted by atomic mass is 16.6. The SMILES string of the molecule is CC(=O)c1ccc(NC(=O)[C@H](C)OC(=O)Cc2ccc3c(c2)OCCO3)cc1. The van der Waals surface area contributed by atoms with Crippen LogP contribution in [0, 0.1) is 0 Å². The number of amides is 1. The molecule has 0 aromatic heterocycles. The predicted molar refractivity (Wildman–Crippen MR) is 102 cm³/mol. The summed E-state index contributed by atoms with van der Waals surface area (Å²) in [5.41, 5.74) is 1.78. The Morgan fingerprint density at radius 1 is 1.04 bits per heavy atom. The summed E-state index contributed by atoms with van der Waals surface area (Å²) in [6, 6.07) is 11.7. The van der Waals surface area contributed by atoms with Crippen molar-refractivity contribution in [1.29, 1.82) is 0 Å². The van der Waals surface area contributed by atoms with Crippen LogP contribution in [0.25, 0.3) is 0 Å². The van der Waals surface area contributed by atoms with Gasteiger partial charge in [0.15, 0.2) is 23.4 Å². The molecule has 0 radical (unpaired) electrons. The molecule has 0 fully saturated rings. The number of ketones is 1. The standard InChI is InChI=1S/C21H21NO6/c1-13(23)16-4-6-17(7-5-16)22-21(25)14(2)28-20(24)12-15-3-8-18-19(11-15)27-10-9-26-18/h3-8,11,14H,9-10,12H2,1-2H3,(H,22,25)/t14-/m0/s1. The molecule has 7 heteroatoms. The molecule has 0 aliphatic carbocycles. The fraction of sp³-hybridized carbons (Fsp3) is 0.286. The Morgan fingerprint density at radius 2 is 1.71 bits per heavy atom. The van der Waals surface area contributed by atoms with E-state index < -0.39 is 18.0 Å². The first-order chi connectivity index (χ1) is 13.4. The van der Waals surface area contributed by atoms with Crippen LogP contribution < -0.4 is 14.8 Å². The third-order valence-corrected chi connectivity index (χ3v) is 4.19. The molecule has 0 saturated heterocycles. The number of hydrogen-bond donors (Lipinski definition) is 1. The first-order valence-corrected chi connectivity index (χ1v) is 8.92. The van der Waals surface area contributed by atoms with Crippen molar-refractivity contribution in [2.45, 2.75) is 26.4 Å². The monoisotopic (exact) mass is 383 g/mol. The molecule has 146 valence electrons. The minimum atomic E-state index is -0.961. The van der Waals surface area contributed by atoms with Gasteiger partial charge in [-0.2, -0.15) is 0 Å². The van der Waals surface area contributed by atoms with Crippen molar-refractivity contribution in [1.82, 2.24) is 0 Å². The molecular weight excluding hydrogens is 362 g/mol. The van der Waals surface area contributed by atoms with Gasteiger partial charge in [0.25, 0.3) is 5.91 Å². The second-order valence-electron chi connectivity index (χ2n) is 6.41. The number of anilines is 1. The number of hydrogen-bond acceptors (Lipinski definition) is 6. The minimum Gasteiger partial charge on any atom is -0.486 e. The number of nitrogens with one attached hydrogen (secondary N) is 1. The van der Waals surface area contributed by atoms with Crippen LogP contribution in [0.4, 0.5) is 5.69 Å². The average molecular weight is 383 g/mol. The van der Waals surface area contributed by atoms with Crippen molar-refractivity contribution in [3.63, 3.8) is 0 Å². The van der Waals surface area contributed by atoms with Crippen LogP contribution in [0.5, 0.6) is 11.5 Å². The van der Waals surface area contributed by atoms with E-state index >= 15 is 0 Å². The van der Waals surface area contributed by atoms with Gasteiger partial charge in [-0.05, 0) is 55.8 Å². The number of benzene rings is 2. The summed E-state index contributed by atoms with van der Waals surface area (Å²) in [6.45, 7) is 3.93. The number of Topliss-reactive ketones (excluding diaryl/α,β-unsaturated/α-hetero) is 1. The van der Waals surface area contributed by atoms with Gasteiger partial charge in [-0.25, -0.2) is 0 Å². The molecular formula is C21H21NO6. The molecule has 0 bridgehead atoms. The second-order valence-corrected chi connectivity index (χ2v) is 6.41. The lowest BCUT2D eigenvalue weighted by Crippen LogP contribution is -2.30. The van der Waals surface area contributed by atoms with E-state index in [9.17, 15) is 14.4 Å². The van der Waals surface area contributed by atoms with Crippen molar-refractivity contribution in [2.24, 2.45) is 0 Å². The first-order valence-electron chi connectivity index (χ1n) is 8.92. The summed E-state index contributed by atoms with van der Waals surface area (Å²) < 4.78 is 16.2. The van der Waals surface area contributed by atoms with Crippen LogP contribution >= 0.6 is 0 Å². The molecule has 1 N–H and O–H groups in total. The van der Waals surface area contributed by atoms with Gasteiger partial charge in [0.2, 0.25) is 0 Å². The Kier molecular flexibility index (Phi) is 5.93. The molecule has 1 heterocycles. The van der Waals surface area contributed by atoms with Crippen molar-refractivity contribution in [3.8, 4) is 11.5 Å². The molecule has 0 saturated carbocycles. The van der Waals surface area contributed by atoms with E-state index in [0.717, 1.165) is 0 Å². The molecule has 1 aliphatic rings. The third kappa shape index (κ3) is 4.88. The number of fused-ring (bicyclic) bond motifs is 1. The average Bonchev–Trinajstić information content (AvgIpc) is 2.68. The summed E-state index contributed by atoms with van der Waals surface area (Å²) in [6.07, 6.45) is -0.945. The lowest BCUT2D eigenvalue weighted by molar-refractivity contribution is -0.152. The summed E-state index contributed by atoms with van der Waals surface area (Å²) in [4.78, 5) is 35.7. The topological polar surface area (TPSA) is 90.9 Å². The highest BCUT2D eigenvalue weighted by molar-refractivity contribution is 5.97. The van der Waals surface area contributed by atoms with E-state index in [1.54, 1.807) is 42.5 Å². The smallest absolute Gasteiger partial charge is 0.311 e.